The molecule has 1 amide bonds. The van der Waals surface area contributed by atoms with Crippen molar-refractivity contribution in [1.82, 2.24) is 0 Å². The SMILES string of the molecule is COC(=O)C(=Cc1cc(I)c(OCC(=O)Nc2ccccc2)c(OC)c1)C(=O)OC. The van der Waals surface area contributed by atoms with Crippen molar-refractivity contribution in [3.8, 4) is 11.5 Å². The average Bonchev–Trinajstić information content (AvgIpc) is 2.75. The van der Waals surface area contributed by atoms with E-state index in [1.54, 1.807) is 24.3 Å². The predicted octanol–water partition coefficient (Wildman–Crippen LogP) is 3.05. The van der Waals surface area contributed by atoms with E-state index in [0.717, 1.165) is 0 Å². The van der Waals surface area contributed by atoms with Crippen LogP contribution in [-0.4, -0.2) is 45.8 Å². The number of rotatable bonds is 8. The van der Waals surface area contributed by atoms with Crippen molar-refractivity contribution in [2.45, 2.75) is 0 Å². The van der Waals surface area contributed by atoms with Crippen molar-refractivity contribution in [1.29, 1.82) is 0 Å². The topological polar surface area (TPSA) is 100 Å². The molecule has 0 saturated carbocycles. The van der Waals surface area contributed by atoms with Gasteiger partial charge in [0.2, 0.25) is 0 Å². The lowest BCUT2D eigenvalue weighted by Crippen LogP contribution is -2.20. The van der Waals surface area contributed by atoms with Gasteiger partial charge in [-0.25, -0.2) is 9.59 Å². The molecule has 0 atom stereocenters. The van der Waals surface area contributed by atoms with Gasteiger partial charge in [0.1, 0.15) is 5.57 Å². The molecule has 0 aliphatic rings. The Morgan fingerprint density at radius 2 is 1.63 bits per heavy atom. The zero-order valence-corrected chi connectivity index (χ0v) is 18.7. The summed E-state index contributed by atoms with van der Waals surface area (Å²) in [5.41, 5.74) is 0.878. The predicted molar refractivity (Wildman–Crippen MR) is 118 cm³/mol. The fourth-order valence-electron chi connectivity index (χ4n) is 2.41. The van der Waals surface area contributed by atoms with Gasteiger partial charge >= 0.3 is 11.9 Å². The van der Waals surface area contributed by atoms with Crippen LogP contribution >= 0.6 is 22.6 Å². The Morgan fingerprint density at radius 3 is 2.20 bits per heavy atom. The molecule has 1 N–H and O–H groups in total. The Labute approximate surface area is 187 Å². The number of carbonyl (C=O) groups excluding carboxylic acids is 3. The number of amides is 1. The highest BCUT2D eigenvalue weighted by molar-refractivity contribution is 14.1. The van der Waals surface area contributed by atoms with Crippen LogP contribution in [-0.2, 0) is 23.9 Å². The number of methoxy groups -OCH3 is 3. The summed E-state index contributed by atoms with van der Waals surface area (Å²) in [6, 6.07) is 12.2. The summed E-state index contributed by atoms with van der Waals surface area (Å²) < 4.78 is 20.8. The van der Waals surface area contributed by atoms with Crippen molar-refractivity contribution in [3.05, 3.63) is 57.2 Å². The lowest BCUT2D eigenvalue weighted by atomic mass is 10.1. The van der Waals surface area contributed by atoms with Gasteiger partial charge < -0.3 is 24.3 Å². The first-order valence-electron chi connectivity index (χ1n) is 8.63. The van der Waals surface area contributed by atoms with Crippen LogP contribution in [0.3, 0.4) is 0 Å². The van der Waals surface area contributed by atoms with Crippen LogP contribution in [0.5, 0.6) is 11.5 Å². The summed E-state index contributed by atoms with van der Waals surface area (Å²) in [6.45, 7) is -0.230. The van der Waals surface area contributed by atoms with Crippen LogP contribution in [0.2, 0.25) is 0 Å². The molecule has 0 radical (unpaired) electrons. The molecule has 0 unspecified atom stereocenters. The van der Waals surface area contributed by atoms with Crippen molar-refractivity contribution in [3.63, 3.8) is 0 Å². The number of halogens is 1. The molecule has 0 bridgehead atoms. The monoisotopic (exact) mass is 525 g/mol. The van der Waals surface area contributed by atoms with Gasteiger partial charge in [-0.3, -0.25) is 4.79 Å². The van der Waals surface area contributed by atoms with Gasteiger partial charge in [-0.1, -0.05) is 18.2 Å². The van der Waals surface area contributed by atoms with Crippen LogP contribution in [0.4, 0.5) is 5.69 Å². The molecule has 8 nitrogen and oxygen atoms in total. The molecule has 0 aromatic heterocycles. The highest BCUT2D eigenvalue weighted by atomic mass is 127. The Bertz CT molecular complexity index is 939. The summed E-state index contributed by atoms with van der Waals surface area (Å²) in [5, 5.41) is 2.72. The van der Waals surface area contributed by atoms with Crippen LogP contribution in [0.1, 0.15) is 5.56 Å². The molecule has 30 heavy (non-hydrogen) atoms. The van der Waals surface area contributed by atoms with Crippen LogP contribution < -0.4 is 14.8 Å². The minimum absolute atomic E-state index is 0.230. The second-order valence-corrected chi connectivity index (χ2v) is 6.94. The van der Waals surface area contributed by atoms with Crippen molar-refractivity contribution in [2.24, 2.45) is 0 Å². The molecule has 0 saturated heterocycles. The normalized spacial score (nSPS) is 9.87. The van der Waals surface area contributed by atoms with E-state index in [1.165, 1.54) is 27.4 Å². The zero-order valence-electron chi connectivity index (χ0n) is 16.6. The van der Waals surface area contributed by atoms with E-state index in [2.05, 4.69) is 14.8 Å². The number of nitrogens with one attached hydrogen (secondary N) is 1. The van der Waals surface area contributed by atoms with E-state index in [1.807, 2.05) is 40.8 Å². The van der Waals surface area contributed by atoms with Gasteiger partial charge in [0.25, 0.3) is 5.91 Å². The molecule has 2 aromatic rings. The maximum atomic E-state index is 12.1. The molecule has 2 rings (SSSR count). The summed E-state index contributed by atoms with van der Waals surface area (Å²) in [4.78, 5) is 35.8. The van der Waals surface area contributed by atoms with Gasteiger partial charge in [-0.05, 0) is 58.5 Å². The molecule has 0 heterocycles. The Kier molecular flexibility index (Phi) is 8.66. The Balaban J connectivity index is 2.22. The third-order valence-electron chi connectivity index (χ3n) is 3.78. The standard InChI is InChI=1S/C21H20INO7/c1-27-17-11-13(9-15(20(25)28-2)21(26)29-3)10-16(22)19(17)30-12-18(24)23-14-7-5-4-6-8-14/h4-11H,12H2,1-3H3,(H,23,24). The number of ether oxygens (including phenoxy) is 4. The van der Waals surface area contributed by atoms with Crippen molar-refractivity contribution in [2.75, 3.05) is 33.3 Å². The second-order valence-electron chi connectivity index (χ2n) is 5.78. The largest absolute Gasteiger partial charge is 0.493 e. The number of esters is 2. The van der Waals surface area contributed by atoms with Crippen molar-refractivity contribution >= 4 is 52.2 Å². The quantitative estimate of drug-likeness (QED) is 0.186. The molecule has 2 aromatic carbocycles. The number of benzene rings is 2. The maximum absolute atomic E-state index is 12.1. The van der Waals surface area contributed by atoms with Gasteiger partial charge in [-0.15, -0.1) is 0 Å². The van der Waals surface area contributed by atoms with E-state index in [9.17, 15) is 14.4 Å². The first kappa shape index (κ1) is 23.2. The number of para-hydroxylation sites is 1. The molecular weight excluding hydrogens is 505 g/mol. The van der Waals surface area contributed by atoms with E-state index in [0.29, 0.717) is 26.3 Å². The maximum Gasteiger partial charge on any atom is 0.345 e. The van der Waals surface area contributed by atoms with Crippen LogP contribution in [0.15, 0.2) is 48.0 Å². The molecule has 0 aliphatic heterocycles. The summed E-state index contributed by atoms with van der Waals surface area (Å²) in [5.74, 6) is -1.30. The smallest absolute Gasteiger partial charge is 0.345 e. The first-order valence-corrected chi connectivity index (χ1v) is 9.71. The van der Waals surface area contributed by atoms with E-state index in [4.69, 9.17) is 9.47 Å². The minimum atomic E-state index is -0.825. The summed E-state index contributed by atoms with van der Waals surface area (Å²) in [6.07, 6.45) is 1.33. The van der Waals surface area contributed by atoms with Gasteiger partial charge in [0.05, 0.1) is 24.9 Å². The molecule has 0 aliphatic carbocycles. The van der Waals surface area contributed by atoms with Crippen LogP contribution in [0.25, 0.3) is 6.08 Å². The molecule has 9 heteroatoms. The first-order chi connectivity index (χ1) is 14.4. The summed E-state index contributed by atoms with van der Waals surface area (Å²) >= 11 is 2.01. The van der Waals surface area contributed by atoms with Gasteiger partial charge in [0, 0.05) is 5.69 Å². The molecular formula is C21H20INO7. The van der Waals surface area contributed by atoms with E-state index < -0.39 is 11.9 Å². The minimum Gasteiger partial charge on any atom is -0.493 e. The number of hydrogen-bond donors (Lipinski definition) is 1. The van der Waals surface area contributed by atoms with E-state index >= 15 is 0 Å². The highest BCUT2D eigenvalue weighted by Crippen LogP contribution is 2.34. The van der Waals surface area contributed by atoms with Gasteiger partial charge in [-0.2, -0.15) is 0 Å². The summed E-state index contributed by atoms with van der Waals surface area (Å²) in [7, 11) is 3.78. The van der Waals surface area contributed by atoms with E-state index in [-0.39, 0.29) is 18.1 Å². The number of hydrogen-bond acceptors (Lipinski definition) is 7. The fourth-order valence-corrected chi connectivity index (χ4v) is 3.19. The average molecular weight is 525 g/mol. The van der Waals surface area contributed by atoms with Crippen molar-refractivity contribution < 1.29 is 33.3 Å². The Hall–Kier alpha value is -3.08. The number of anilines is 1. The molecule has 158 valence electrons. The molecule has 0 spiro atoms. The van der Waals surface area contributed by atoms with Crippen LogP contribution in [0, 0.1) is 3.57 Å². The third-order valence-corrected chi connectivity index (χ3v) is 4.58. The lowest BCUT2D eigenvalue weighted by Gasteiger charge is -2.14. The van der Waals surface area contributed by atoms with Gasteiger partial charge in [0.15, 0.2) is 18.1 Å². The zero-order chi connectivity index (χ0) is 22.1. The lowest BCUT2D eigenvalue weighted by molar-refractivity contribution is -0.143. The fraction of sp³-hybridized carbons (Fsp3) is 0.190. The second kappa shape index (κ2) is 11.2. The Morgan fingerprint density at radius 1 is 1.00 bits per heavy atom. The third kappa shape index (κ3) is 6.21. The number of carbonyl (C=O) groups is 3. The highest BCUT2D eigenvalue weighted by Gasteiger charge is 2.21. The molecule has 0 fully saturated rings.